The summed E-state index contributed by atoms with van der Waals surface area (Å²) in [5.41, 5.74) is 1.94. The molecule has 134 valence electrons. The smallest absolute Gasteiger partial charge is 0.161 e. The maximum atomic E-state index is 11.4. The molecule has 0 bridgehead atoms. The van der Waals surface area contributed by atoms with Gasteiger partial charge in [0.15, 0.2) is 17.3 Å². The van der Waals surface area contributed by atoms with Crippen molar-refractivity contribution in [3.05, 3.63) is 45.6 Å². The van der Waals surface area contributed by atoms with Crippen molar-refractivity contribution in [2.24, 2.45) is 0 Å². The number of nitrogens with zero attached hydrogens (tertiary/aromatic N) is 1. The number of aliphatic hydroxyl groups is 1. The largest absolute Gasteiger partial charge is 0.493 e. The third-order valence-electron chi connectivity index (χ3n) is 4.36. The van der Waals surface area contributed by atoms with E-state index in [1.165, 1.54) is 24.5 Å². The zero-order valence-electron chi connectivity index (χ0n) is 14.5. The fourth-order valence-electron chi connectivity index (χ4n) is 3.01. The van der Waals surface area contributed by atoms with Crippen LogP contribution in [0, 0.1) is 0 Å². The maximum absolute atomic E-state index is 11.4. The number of β-amino-alcohol motifs (C(OH)–C–C–N with tert-alkyl or cyclic N) is 1. The lowest BCUT2D eigenvalue weighted by Crippen LogP contribution is -2.38. The van der Waals surface area contributed by atoms with Crippen molar-refractivity contribution >= 4 is 17.1 Å². The number of fused-ring (bicyclic) bond motifs is 1. The number of benzene rings is 1. The van der Waals surface area contributed by atoms with Crippen molar-refractivity contribution in [3.63, 3.8) is 0 Å². The van der Waals surface area contributed by atoms with E-state index in [4.69, 9.17) is 9.47 Å². The Labute approximate surface area is 151 Å². The molecule has 0 radical (unpaired) electrons. The molecule has 0 spiro atoms. The van der Waals surface area contributed by atoms with Crippen molar-refractivity contribution < 1.29 is 19.4 Å². The van der Waals surface area contributed by atoms with Gasteiger partial charge in [-0.25, -0.2) is 0 Å². The Kier molecular flexibility index (Phi) is 5.73. The standard InChI is InChI=1S/C19H23NO4S/c1-13(21)14-3-4-17(18(9-14)23-2)24-12-16(22)11-20-7-5-19-15(10-20)6-8-25-19/h3-4,6,8-9,16,22H,5,7,10-12H2,1-2H3. The van der Waals surface area contributed by atoms with Gasteiger partial charge in [-0.05, 0) is 48.6 Å². The van der Waals surface area contributed by atoms with Crippen molar-refractivity contribution in [2.45, 2.75) is 26.0 Å². The molecule has 1 aromatic heterocycles. The first-order chi connectivity index (χ1) is 12.1. The minimum absolute atomic E-state index is 0.0252. The van der Waals surface area contributed by atoms with Crippen molar-refractivity contribution in [2.75, 3.05) is 26.8 Å². The zero-order chi connectivity index (χ0) is 17.8. The van der Waals surface area contributed by atoms with E-state index >= 15 is 0 Å². The van der Waals surface area contributed by atoms with Crippen LogP contribution in [0.3, 0.4) is 0 Å². The first-order valence-corrected chi connectivity index (χ1v) is 9.22. The normalized spacial score (nSPS) is 15.5. The van der Waals surface area contributed by atoms with Gasteiger partial charge in [0.05, 0.1) is 7.11 Å². The lowest BCUT2D eigenvalue weighted by molar-refractivity contribution is 0.0630. The average Bonchev–Trinajstić information content (AvgIpc) is 3.07. The second-order valence-electron chi connectivity index (χ2n) is 6.24. The molecule has 1 aliphatic heterocycles. The Morgan fingerprint density at radius 3 is 2.96 bits per heavy atom. The van der Waals surface area contributed by atoms with Gasteiger partial charge < -0.3 is 14.6 Å². The van der Waals surface area contributed by atoms with Gasteiger partial charge in [-0.15, -0.1) is 11.3 Å². The van der Waals surface area contributed by atoms with E-state index in [2.05, 4.69) is 16.3 Å². The molecule has 0 fully saturated rings. The molecule has 0 aliphatic carbocycles. The number of carbonyl (C=O) groups is 1. The molecule has 1 aromatic carbocycles. The molecular weight excluding hydrogens is 338 g/mol. The van der Waals surface area contributed by atoms with Gasteiger partial charge >= 0.3 is 0 Å². The Morgan fingerprint density at radius 1 is 1.36 bits per heavy atom. The van der Waals surface area contributed by atoms with Crippen LogP contribution in [0.4, 0.5) is 0 Å². The molecule has 5 nitrogen and oxygen atoms in total. The Balaban J connectivity index is 1.54. The second kappa shape index (κ2) is 7.99. The summed E-state index contributed by atoms with van der Waals surface area (Å²) in [5, 5.41) is 12.4. The molecule has 25 heavy (non-hydrogen) atoms. The molecule has 1 unspecified atom stereocenters. The Bertz CT molecular complexity index is 743. The predicted octanol–water partition coefficient (Wildman–Crippen LogP) is 2.76. The summed E-state index contributed by atoms with van der Waals surface area (Å²) in [7, 11) is 1.54. The van der Waals surface area contributed by atoms with Crippen LogP contribution in [-0.4, -0.2) is 48.7 Å². The molecule has 1 N–H and O–H groups in total. The molecule has 2 aromatic rings. The summed E-state index contributed by atoms with van der Waals surface area (Å²) in [6.07, 6.45) is 0.457. The molecule has 3 rings (SSSR count). The number of ketones is 1. The van der Waals surface area contributed by atoms with E-state index in [9.17, 15) is 9.90 Å². The summed E-state index contributed by atoms with van der Waals surface area (Å²) in [5.74, 6) is 1.01. The van der Waals surface area contributed by atoms with Gasteiger partial charge in [-0.3, -0.25) is 9.69 Å². The topological polar surface area (TPSA) is 59.0 Å². The fraction of sp³-hybridized carbons (Fsp3) is 0.421. The van der Waals surface area contributed by atoms with Crippen LogP contribution in [0.25, 0.3) is 0 Å². The summed E-state index contributed by atoms with van der Waals surface area (Å²) in [6.45, 7) is 4.11. The van der Waals surface area contributed by atoms with E-state index in [-0.39, 0.29) is 12.4 Å². The number of carbonyl (C=O) groups excluding carboxylic acids is 1. The van der Waals surface area contributed by atoms with Crippen molar-refractivity contribution in [1.82, 2.24) is 4.90 Å². The number of rotatable bonds is 7. The quantitative estimate of drug-likeness (QED) is 0.769. The summed E-state index contributed by atoms with van der Waals surface area (Å²) in [6, 6.07) is 7.24. The van der Waals surface area contributed by atoms with Gasteiger partial charge in [0.25, 0.3) is 0 Å². The summed E-state index contributed by atoms with van der Waals surface area (Å²) >= 11 is 1.81. The van der Waals surface area contributed by atoms with Gasteiger partial charge in [0, 0.05) is 30.1 Å². The van der Waals surface area contributed by atoms with E-state index in [0.29, 0.717) is 23.6 Å². The number of hydrogen-bond donors (Lipinski definition) is 1. The number of Topliss-reactive ketones (excluding diaryl/α,β-unsaturated/α-hetero) is 1. The predicted molar refractivity (Wildman–Crippen MR) is 97.8 cm³/mol. The van der Waals surface area contributed by atoms with E-state index in [1.54, 1.807) is 18.2 Å². The van der Waals surface area contributed by atoms with Crippen LogP contribution < -0.4 is 9.47 Å². The average molecular weight is 361 g/mol. The lowest BCUT2D eigenvalue weighted by Gasteiger charge is -2.28. The molecule has 0 saturated heterocycles. The number of thiophene rings is 1. The zero-order valence-corrected chi connectivity index (χ0v) is 15.3. The Morgan fingerprint density at radius 2 is 2.20 bits per heavy atom. The van der Waals surface area contributed by atoms with Crippen molar-refractivity contribution in [3.8, 4) is 11.5 Å². The molecule has 0 saturated carbocycles. The molecule has 2 heterocycles. The number of methoxy groups -OCH3 is 1. The van der Waals surface area contributed by atoms with Crippen LogP contribution in [-0.2, 0) is 13.0 Å². The summed E-state index contributed by atoms with van der Waals surface area (Å²) < 4.78 is 11.0. The van der Waals surface area contributed by atoms with E-state index < -0.39 is 6.10 Å². The fourth-order valence-corrected chi connectivity index (χ4v) is 3.89. The highest BCUT2D eigenvalue weighted by molar-refractivity contribution is 7.10. The molecule has 1 atom stereocenters. The van der Waals surface area contributed by atoms with Crippen LogP contribution in [0.2, 0.25) is 0 Å². The van der Waals surface area contributed by atoms with Gasteiger partial charge in [0.2, 0.25) is 0 Å². The highest BCUT2D eigenvalue weighted by Crippen LogP contribution is 2.28. The minimum Gasteiger partial charge on any atom is -0.493 e. The van der Waals surface area contributed by atoms with E-state index in [1.807, 2.05) is 11.3 Å². The first kappa shape index (κ1) is 17.9. The van der Waals surface area contributed by atoms with Crippen LogP contribution in [0.15, 0.2) is 29.6 Å². The monoisotopic (exact) mass is 361 g/mol. The second-order valence-corrected chi connectivity index (χ2v) is 7.24. The van der Waals surface area contributed by atoms with Gasteiger partial charge in [-0.2, -0.15) is 0 Å². The molecular formula is C19H23NO4S. The number of hydrogen-bond acceptors (Lipinski definition) is 6. The van der Waals surface area contributed by atoms with Crippen LogP contribution in [0.1, 0.15) is 27.7 Å². The third kappa shape index (κ3) is 4.39. The highest BCUT2D eigenvalue weighted by Gasteiger charge is 2.20. The molecule has 0 amide bonds. The van der Waals surface area contributed by atoms with Gasteiger partial charge in [-0.1, -0.05) is 0 Å². The van der Waals surface area contributed by atoms with Gasteiger partial charge in [0.1, 0.15) is 12.7 Å². The summed E-state index contributed by atoms with van der Waals surface area (Å²) in [4.78, 5) is 15.1. The lowest BCUT2D eigenvalue weighted by atomic mass is 10.1. The maximum Gasteiger partial charge on any atom is 0.161 e. The SMILES string of the molecule is COc1cc(C(C)=O)ccc1OCC(O)CN1CCc2sccc2C1. The number of ether oxygens (including phenoxy) is 2. The molecule has 1 aliphatic rings. The van der Waals surface area contributed by atoms with Crippen LogP contribution in [0.5, 0.6) is 11.5 Å². The minimum atomic E-state index is -0.586. The highest BCUT2D eigenvalue weighted by atomic mass is 32.1. The number of aliphatic hydroxyl groups excluding tert-OH is 1. The Hall–Kier alpha value is -1.89. The first-order valence-electron chi connectivity index (χ1n) is 8.34. The van der Waals surface area contributed by atoms with Crippen LogP contribution >= 0.6 is 11.3 Å². The van der Waals surface area contributed by atoms with E-state index in [0.717, 1.165) is 19.5 Å². The molecule has 6 heteroatoms. The van der Waals surface area contributed by atoms with Crippen molar-refractivity contribution in [1.29, 1.82) is 0 Å². The third-order valence-corrected chi connectivity index (χ3v) is 5.38.